The first kappa shape index (κ1) is 15.4. The molecule has 0 atom stereocenters. The van der Waals surface area contributed by atoms with Crippen molar-refractivity contribution in [3.05, 3.63) is 57.6 Å². The molecule has 1 amide bonds. The molecule has 24 heavy (non-hydrogen) atoms. The lowest BCUT2D eigenvalue weighted by atomic mass is 9.99. The predicted molar refractivity (Wildman–Crippen MR) is 92.1 cm³/mol. The van der Waals surface area contributed by atoms with Crippen LogP contribution < -0.4 is 0 Å². The van der Waals surface area contributed by atoms with Crippen molar-refractivity contribution >= 4 is 28.8 Å². The van der Waals surface area contributed by atoms with Gasteiger partial charge in [0.2, 0.25) is 17.6 Å². The highest BCUT2D eigenvalue weighted by molar-refractivity contribution is 7.08. The lowest BCUT2D eigenvalue weighted by Gasteiger charge is -2.37. The Morgan fingerprint density at radius 3 is 2.79 bits per heavy atom. The number of halogens is 1. The van der Waals surface area contributed by atoms with Crippen molar-refractivity contribution in [3.63, 3.8) is 0 Å². The van der Waals surface area contributed by atoms with Crippen LogP contribution >= 0.6 is 22.9 Å². The van der Waals surface area contributed by atoms with Gasteiger partial charge in [-0.2, -0.15) is 16.3 Å². The Kier molecular flexibility index (Phi) is 4.08. The van der Waals surface area contributed by atoms with Gasteiger partial charge < -0.3 is 9.42 Å². The molecule has 0 unspecified atom stereocenters. The summed E-state index contributed by atoms with van der Waals surface area (Å²) >= 11 is 7.45. The van der Waals surface area contributed by atoms with E-state index in [1.165, 1.54) is 0 Å². The van der Waals surface area contributed by atoms with E-state index in [1.54, 1.807) is 23.5 Å². The average Bonchev–Trinajstić information content (AvgIpc) is 3.19. The molecule has 0 spiro atoms. The molecule has 2 aromatic heterocycles. The summed E-state index contributed by atoms with van der Waals surface area (Å²) in [6, 6.07) is 9.31. The highest BCUT2D eigenvalue weighted by Crippen LogP contribution is 2.28. The van der Waals surface area contributed by atoms with Crippen LogP contribution in [0.1, 0.15) is 17.4 Å². The molecule has 1 aliphatic rings. The van der Waals surface area contributed by atoms with Crippen molar-refractivity contribution in [1.29, 1.82) is 0 Å². The molecule has 0 N–H and O–H groups in total. The number of hydrogen-bond donors (Lipinski definition) is 0. The Balaban J connectivity index is 1.34. The van der Waals surface area contributed by atoms with E-state index < -0.39 is 0 Å². The average molecular weight is 360 g/mol. The Morgan fingerprint density at radius 1 is 1.29 bits per heavy atom. The fraction of sp³-hybridized carbons (Fsp3) is 0.235. The van der Waals surface area contributed by atoms with Crippen LogP contribution in [0.3, 0.4) is 0 Å². The Morgan fingerprint density at radius 2 is 2.08 bits per heavy atom. The quantitative estimate of drug-likeness (QED) is 0.713. The fourth-order valence-electron chi connectivity index (χ4n) is 2.64. The summed E-state index contributed by atoms with van der Waals surface area (Å²) in [4.78, 5) is 18.5. The molecule has 0 bridgehead atoms. The molecular formula is C17H14ClN3O2S. The third-order valence-corrected chi connectivity index (χ3v) is 5.01. The number of likely N-dealkylation sites (tertiary alicyclic amines) is 1. The van der Waals surface area contributed by atoms with E-state index in [1.807, 2.05) is 33.9 Å². The largest absolute Gasteiger partial charge is 0.341 e. The summed E-state index contributed by atoms with van der Waals surface area (Å²) in [5.74, 6) is 1.44. The van der Waals surface area contributed by atoms with Crippen LogP contribution in [-0.2, 0) is 11.2 Å². The minimum atomic E-state index is 0.103. The van der Waals surface area contributed by atoms with Gasteiger partial charge in [-0.25, -0.2) is 0 Å². The maximum atomic E-state index is 12.3. The van der Waals surface area contributed by atoms with E-state index >= 15 is 0 Å². The smallest absolute Gasteiger partial charge is 0.233 e. The maximum Gasteiger partial charge on any atom is 0.233 e. The highest BCUT2D eigenvalue weighted by Gasteiger charge is 2.35. The van der Waals surface area contributed by atoms with Crippen molar-refractivity contribution in [2.75, 3.05) is 13.1 Å². The van der Waals surface area contributed by atoms with E-state index in [-0.39, 0.29) is 11.8 Å². The monoisotopic (exact) mass is 359 g/mol. The second-order valence-electron chi connectivity index (χ2n) is 5.77. The van der Waals surface area contributed by atoms with E-state index in [4.69, 9.17) is 16.1 Å². The van der Waals surface area contributed by atoms with Crippen molar-refractivity contribution in [2.24, 2.45) is 0 Å². The molecule has 4 rings (SSSR count). The normalized spacial score (nSPS) is 14.6. The number of amides is 1. The van der Waals surface area contributed by atoms with Gasteiger partial charge in [-0.1, -0.05) is 28.9 Å². The number of hydrogen-bond acceptors (Lipinski definition) is 5. The van der Waals surface area contributed by atoms with Crippen molar-refractivity contribution in [2.45, 2.75) is 12.3 Å². The first-order valence-corrected chi connectivity index (χ1v) is 8.89. The van der Waals surface area contributed by atoms with Crippen molar-refractivity contribution in [1.82, 2.24) is 15.0 Å². The summed E-state index contributed by atoms with van der Waals surface area (Å²) in [6.45, 7) is 1.25. The van der Waals surface area contributed by atoms with E-state index in [0.29, 0.717) is 36.2 Å². The number of carbonyl (C=O) groups excluding carboxylic acids is 1. The highest BCUT2D eigenvalue weighted by atomic mass is 35.5. The SMILES string of the molecule is O=C(Cc1ccc(Cl)cc1)N1CC(c2nc(-c3ccsc3)no2)C1. The third-order valence-electron chi connectivity index (χ3n) is 4.07. The number of aromatic nitrogens is 2. The third kappa shape index (κ3) is 3.07. The molecule has 1 saturated heterocycles. The minimum Gasteiger partial charge on any atom is -0.341 e. The molecule has 5 nitrogen and oxygen atoms in total. The minimum absolute atomic E-state index is 0.103. The van der Waals surface area contributed by atoms with Crippen molar-refractivity contribution in [3.8, 4) is 11.4 Å². The summed E-state index contributed by atoms with van der Waals surface area (Å²) < 4.78 is 5.34. The van der Waals surface area contributed by atoms with Crippen LogP contribution in [0.5, 0.6) is 0 Å². The zero-order chi connectivity index (χ0) is 16.5. The Hall–Kier alpha value is -2.18. The van der Waals surface area contributed by atoms with Crippen LogP contribution in [0.2, 0.25) is 5.02 Å². The molecule has 7 heteroatoms. The van der Waals surface area contributed by atoms with Crippen LogP contribution in [0.4, 0.5) is 0 Å². The second-order valence-corrected chi connectivity index (χ2v) is 6.98. The zero-order valence-electron chi connectivity index (χ0n) is 12.7. The lowest BCUT2D eigenvalue weighted by Crippen LogP contribution is -2.49. The van der Waals surface area contributed by atoms with Gasteiger partial charge in [0, 0.05) is 29.1 Å². The standard InChI is InChI=1S/C17H14ClN3O2S/c18-14-3-1-11(2-4-14)7-15(22)21-8-13(9-21)17-19-16(20-23-17)12-5-6-24-10-12/h1-6,10,13H,7-9H2. The van der Waals surface area contributed by atoms with Crippen LogP contribution in [0.25, 0.3) is 11.4 Å². The maximum absolute atomic E-state index is 12.3. The Bertz CT molecular complexity index is 839. The number of thiophene rings is 1. The fourth-order valence-corrected chi connectivity index (χ4v) is 3.40. The first-order valence-electron chi connectivity index (χ1n) is 7.57. The van der Waals surface area contributed by atoms with Gasteiger partial charge in [0.05, 0.1) is 12.3 Å². The summed E-state index contributed by atoms with van der Waals surface area (Å²) in [5.41, 5.74) is 1.93. The van der Waals surface area contributed by atoms with Gasteiger partial charge in [0.25, 0.3) is 0 Å². The molecular weight excluding hydrogens is 346 g/mol. The van der Waals surface area contributed by atoms with Crippen molar-refractivity contribution < 1.29 is 9.32 Å². The van der Waals surface area contributed by atoms with E-state index in [0.717, 1.165) is 11.1 Å². The molecule has 0 saturated carbocycles. The second kappa shape index (κ2) is 6.37. The van der Waals surface area contributed by atoms with E-state index in [9.17, 15) is 4.79 Å². The van der Waals surface area contributed by atoms with Crippen LogP contribution in [0, 0.1) is 0 Å². The number of rotatable bonds is 4. The van der Waals surface area contributed by atoms with Gasteiger partial charge in [-0.3, -0.25) is 4.79 Å². The molecule has 1 fully saturated rings. The van der Waals surface area contributed by atoms with Gasteiger partial charge in [0.1, 0.15) is 0 Å². The van der Waals surface area contributed by atoms with Crippen LogP contribution in [-0.4, -0.2) is 34.0 Å². The van der Waals surface area contributed by atoms with Gasteiger partial charge >= 0.3 is 0 Å². The zero-order valence-corrected chi connectivity index (χ0v) is 14.3. The molecule has 3 aromatic rings. The first-order chi connectivity index (χ1) is 11.7. The van der Waals surface area contributed by atoms with Gasteiger partial charge in [-0.05, 0) is 29.1 Å². The predicted octanol–water partition coefficient (Wildman–Crippen LogP) is 3.62. The summed E-state index contributed by atoms with van der Waals surface area (Å²) in [7, 11) is 0. The van der Waals surface area contributed by atoms with E-state index in [2.05, 4.69) is 10.1 Å². The molecule has 0 aliphatic carbocycles. The molecule has 0 radical (unpaired) electrons. The molecule has 1 aromatic carbocycles. The molecule has 3 heterocycles. The van der Waals surface area contributed by atoms with Gasteiger partial charge in [-0.15, -0.1) is 0 Å². The Labute approximate surface area is 147 Å². The molecule has 122 valence electrons. The number of benzene rings is 1. The summed E-state index contributed by atoms with van der Waals surface area (Å²) in [6.07, 6.45) is 0.383. The summed E-state index contributed by atoms with van der Waals surface area (Å²) in [5, 5.41) is 8.65. The van der Waals surface area contributed by atoms with Gasteiger partial charge in [0.15, 0.2) is 0 Å². The molecule has 1 aliphatic heterocycles. The lowest BCUT2D eigenvalue weighted by molar-refractivity contribution is -0.135. The number of carbonyl (C=O) groups is 1. The van der Waals surface area contributed by atoms with Crippen LogP contribution in [0.15, 0.2) is 45.6 Å². The number of nitrogens with zero attached hydrogens (tertiary/aromatic N) is 3. The topological polar surface area (TPSA) is 59.2 Å².